The third-order valence-electron chi connectivity index (χ3n) is 4.68. The van der Waals surface area contributed by atoms with E-state index in [0.29, 0.717) is 0 Å². The summed E-state index contributed by atoms with van der Waals surface area (Å²) in [5.74, 6) is -1.12. The molecule has 2 amide bonds. The Morgan fingerprint density at radius 1 is 1.11 bits per heavy atom. The van der Waals surface area contributed by atoms with E-state index >= 15 is 0 Å². The van der Waals surface area contributed by atoms with Crippen LogP contribution in [-0.2, 0) is 19.4 Å². The van der Waals surface area contributed by atoms with E-state index in [4.69, 9.17) is 4.42 Å². The molecule has 1 aromatic carbocycles. The predicted molar refractivity (Wildman–Crippen MR) is 103 cm³/mol. The van der Waals surface area contributed by atoms with E-state index in [1.54, 1.807) is 36.4 Å². The average Bonchev–Trinajstić information content (AvgIpc) is 3.32. The van der Waals surface area contributed by atoms with Crippen molar-refractivity contribution in [1.82, 2.24) is 10.6 Å². The number of sulfone groups is 1. The van der Waals surface area contributed by atoms with E-state index in [0.717, 1.165) is 18.4 Å². The molecule has 1 aliphatic rings. The Hall–Kier alpha value is -2.61. The van der Waals surface area contributed by atoms with E-state index in [2.05, 4.69) is 10.6 Å². The molecule has 0 spiro atoms. The first-order valence-electron chi connectivity index (χ1n) is 9.25. The van der Waals surface area contributed by atoms with Crippen LogP contribution >= 0.6 is 0 Å². The van der Waals surface area contributed by atoms with Crippen molar-refractivity contribution >= 4 is 21.7 Å². The van der Waals surface area contributed by atoms with Gasteiger partial charge in [0.15, 0.2) is 9.84 Å². The number of carbonyl (C=O) groups excluding carboxylic acids is 2. The monoisotopic (exact) mass is 404 g/mol. The minimum Gasteiger partial charge on any atom is -0.468 e. The molecule has 150 valence electrons. The summed E-state index contributed by atoms with van der Waals surface area (Å²) in [6.45, 7) is 3.79. The molecule has 2 N–H and O–H groups in total. The highest BCUT2D eigenvalue weighted by molar-refractivity contribution is 7.91. The molecule has 8 heteroatoms. The zero-order valence-electron chi connectivity index (χ0n) is 15.8. The van der Waals surface area contributed by atoms with Gasteiger partial charge in [-0.05, 0) is 48.6 Å². The van der Waals surface area contributed by atoms with Gasteiger partial charge in [0.1, 0.15) is 11.0 Å². The number of furan rings is 1. The van der Waals surface area contributed by atoms with Crippen LogP contribution in [0.4, 0.5) is 0 Å². The lowest BCUT2D eigenvalue weighted by Gasteiger charge is -2.17. The smallest absolute Gasteiger partial charge is 0.309 e. The van der Waals surface area contributed by atoms with Crippen molar-refractivity contribution in [2.45, 2.75) is 48.8 Å². The third-order valence-corrected chi connectivity index (χ3v) is 6.75. The maximum absolute atomic E-state index is 13.2. The molecule has 0 aliphatic heterocycles. The molecule has 0 radical (unpaired) electrons. The highest BCUT2D eigenvalue weighted by atomic mass is 32.2. The van der Waals surface area contributed by atoms with Crippen molar-refractivity contribution < 1.29 is 22.4 Å². The van der Waals surface area contributed by atoms with E-state index in [-0.39, 0.29) is 29.2 Å². The van der Waals surface area contributed by atoms with Gasteiger partial charge >= 0.3 is 11.8 Å². The van der Waals surface area contributed by atoms with Crippen molar-refractivity contribution in [2.24, 2.45) is 0 Å². The molecular formula is C20H24N2O5S. The number of amides is 2. The van der Waals surface area contributed by atoms with Crippen molar-refractivity contribution in [2.75, 3.05) is 6.54 Å². The van der Waals surface area contributed by atoms with Crippen LogP contribution in [0.1, 0.15) is 49.2 Å². The summed E-state index contributed by atoms with van der Waals surface area (Å²) in [5.41, 5.74) is 1.03. The minimum atomic E-state index is -3.84. The van der Waals surface area contributed by atoms with Crippen molar-refractivity contribution in [3.05, 3.63) is 54.0 Å². The van der Waals surface area contributed by atoms with Crippen molar-refractivity contribution in [1.29, 1.82) is 0 Å². The van der Waals surface area contributed by atoms with Crippen LogP contribution in [0.25, 0.3) is 0 Å². The molecule has 0 saturated heterocycles. The minimum absolute atomic E-state index is 0.0438. The number of carbonyl (C=O) groups is 2. The lowest BCUT2D eigenvalue weighted by Crippen LogP contribution is -2.43. The molecule has 2 aromatic rings. The normalized spacial score (nSPS) is 15.2. The number of rotatable bonds is 7. The zero-order valence-corrected chi connectivity index (χ0v) is 16.7. The standard InChI is InChI=1S/C20H24N2O5S/c1-13(2)14-5-9-16(10-6-14)28(25,26)18(17-4-3-11-27-17)12-21-19(23)20(24)22-15-7-8-15/h3-6,9-11,13,15,18H,7-8,12H2,1-2H3,(H,21,23)(H,22,24)/t18-/m0/s1. The second-order valence-corrected chi connectivity index (χ2v) is 9.36. The largest absolute Gasteiger partial charge is 0.468 e. The van der Waals surface area contributed by atoms with E-state index < -0.39 is 26.9 Å². The third kappa shape index (κ3) is 4.62. The molecule has 1 aromatic heterocycles. The first kappa shape index (κ1) is 20.1. The second kappa shape index (κ2) is 8.18. The lowest BCUT2D eigenvalue weighted by molar-refractivity contribution is -0.139. The van der Waals surface area contributed by atoms with Crippen LogP contribution in [0.5, 0.6) is 0 Å². The van der Waals surface area contributed by atoms with Crippen LogP contribution in [0, 0.1) is 0 Å². The fraction of sp³-hybridized carbons (Fsp3) is 0.400. The van der Waals surface area contributed by atoms with E-state index in [9.17, 15) is 18.0 Å². The number of benzene rings is 1. The van der Waals surface area contributed by atoms with Gasteiger partial charge in [-0.15, -0.1) is 0 Å². The van der Waals surface area contributed by atoms with E-state index in [1.165, 1.54) is 6.26 Å². The first-order valence-corrected chi connectivity index (χ1v) is 10.8. The zero-order chi connectivity index (χ0) is 20.3. The van der Waals surface area contributed by atoms with Crippen LogP contribution in [0.3, 0.4) is 0 Å². The summed E-state index contributed by atoms with van der Waals surface area (Å²) < 4.78 is 31.6. The maximum Gasteiger partial charge on any atom is 0.309 e. The maximum atomic E-state index is 13.2. The number of hydrogen-bond acceptors (Lipinski definition) is 5. The topological polar surface area (TPSA) is 105 Å². The van der Waals surface area contributed by atoms with E-state index in [1.807, 2.05) is 13.8 Å². The Morgan fingerprint density at radius 3 is 2.32 bits per heavy atom. The average molecular weight is 404 g/mol. The Balaban J connectivity index is 1.79. The molecule has 1 fully saturated rings. The Kier molecular flexibility index (Phi) is 5.88. The predicted octanol–water partition coefficient (Wildman–Crippen LogP) is 2.31. The molecular weight excluding hydrogens is 380 g/mol. The van der Waals surface area contributed by atoms with Gasteiger partial charge in [-0.3, -0.25) is 9.59 Å². The summed E-state index contributed by atoms with van der Waals surface area (Å²) in [6, 6.07) is 9.84. The van der Waals surface area contributed by atoms with Gasteiger partial charge in [-0.2, -0.15) is 0 Å². The molecule has 1 saturated carbocycles. The number of hydrogen-bond donors (Lipinski definition) is 2. The van der Waals surface area contributed by atoms with Gasteiger partial charge in [0, 0.05) is 12.6 Å². The summed E-state index contributed by atoms with van der Waals surface area (Å²) in [6.07, 6.45) is 3.09. The van der Waals surface area contributed by atoms with Gasteiger partial charge in [0.25, 0.3) is 0 Å². The lowest BCUT2D eigenvalue weighted by atomic mass is 10.0. The van der Waals surface area contributed by atoms with Gasteiger partial charge in [-0.1, -0.05) is 26.0 Å². The Labute approximate surface area is 164 Å². The number of nitrogens with one attached hydrogen (secondary N) is 2. The molecule has 0 bridgehead atoms. The van der Waals surface area contributed by atoms with Gasteiger partial charge in [0.05, 0.1) is 11.2 Å². The van der Waals surface area contributed by atoms with Gasteiger partial charge in [0.2, 0.25) is 0 Å². The van der Waals surface area contributed by atoms with Crippen LogP contribution < -0.4 is 10.6 Å². The highest BCUT2D eigenvalue weighted by Crippen LogP contribution is 2.30. The quantitative estimate of drug-likeness (QED) is 0.689. The van der Waals surface area contributed by atoms with Crippen molar-refractivity contribution in [3.8, 4) is 0 Å². The summed E-state index contributed by atoms with van der Waals surface area (Å²) in [5, 5.41) is 3.86. The fourth-order valence-corrected chi connectivity index (χ4v) is 4.38. The fourth-order valence-electron chi connectivity index (χ4n) is 2.79. The second-order valence-electron chi connectivity index (χ2n) is 7.23. The van der Waals surface area contributed by atoms with Gasteiger partial charge < -0.3 is 15.1 Å². The van der Waals surface area contributed by atoms with Gasteiger partial charge in [-0.25, -0.2) is 8.42 Å². The molecule has 7 nitrogen and oxygen atoms in total. The van der Waals surface area contributed by atoms with Crippen molar-refractivity contribution in [3.63, 3.8) is 0 Å². The summed E-state index contributed by atoms with van der Waals surface area (Å²) in [4.78, 5) is 24.0. The molecule has 3 rings (SSSR count). The van der Waals surface area contributed by atoms with Crippen LogP contribution in [0.2, 0.25) is 0 Å². The molecule has 1 atom stereocenters. The Bertz CT molecular complexity index is 929. The summed E-state index contributed by atoms with van der Waals surface area (Å²) in [7, 11) is -3.84. The molecule has 1 aliphatic carbocycles. The highest BCUT2D eigenvalue weighted by Gasteiger charge is 2.33. The molecule has 1 heterocycles. The SMILES string of the molecule is CC(C)c1ccc(S(=O)(=O)[C@@H](CNC(=O)C(=O)NC2CC2)c2ccco2)cc1. The molecule has 0 unspecified atom stereocenters. The molecule has 28 heavy (non-hydrogen) atoms. The summed E-state index contributed by atoms with van der Waals surface area (Å²) >= 11 is 0. The van der Waals surface area contributed by atoms with Crippen LogP contribution in [0.15, 0.2) is 52.0 Å². The first-order chi connectivity index (χ1) is 13.3. The Morgan fingerprint density at radius 2 is 1.79 bits per heavy atom. The van der Waals surface area contributed by atoms with Crippen LogP contribution in [-0.4, -0.2) is 32.8 Å².